The molecule has 55 heavy (non-hydrogen) atoms. The lowest BCUT2D eigenvalue weighted by molar-refractivity contribution is -0.395. The summed E-state index contributed by atoms with van der Waals surface area (Å²) in [6, 6.07) is 16.4. The van der Waals surface area contributed by atoms with E-state index in [4.69, 9.17) is 4.55 Å². The molecule has 0 aliphatic rings. The number of hydrogen-bond acceptors (Lipinski definition) is 16. The SMILES string of the molecule is Cc1ccc(Nc2nc(Nc3cccc(CCCOS(=O)(=O)O)c3)nc(Nc3cc(Nc4cc(F)c([N+](=O)[O-])cc4[N+](=O)[O-])ccc3S(=O)(=O)O)n2)cc1C. The molecule has 1 heterocycles. The Bertz CT molecular complexity index is 2530. The maximum absolute atomic E-state index is 14.5. The summed E-state index contributed by atoms with van der Waals surface area (Å²) < 4.78 is 84.2. The summed E-state index contributed by atoms with van der Waals surface area (Å²) in [7, 11) is -9.51. The van der Waals surface area contributed by atoms with E-state index in [0.717, 1.165) is 34.9 Å². The predicted molar refractivity (Wildman–Crippen MR) is 197 cm³/mol. The number of anilines is 8. The van der Waals surface area contributed by atoms with Crippen molar-refractivity contribution in [2.45, 2.75) is 31.6 Å². The van der Waals surface area contributed by atoms with Gasteiger partial charge in [-0.3, -0.25) is 29.3 Å². The molecule has 5 rings (SSSR count). The molecular formula is C32H30FN9O11S2. The molecule has 4 aromatic carbocycles. The maximum Gasteiger partial charge on any atom is 0.397 e. The quantitative estimate of drug-likeness (QED) is 0.0272. The van der Waals surface area contributed by atoms with Crippen LogP contribution < -0.4 is 21.3 Å². The summed E-state index contributed by atoms with van der Waals surface area (Å²) >= 11 is 0. The van der Waals surface area contributed by atoms with Gasteiger partial charge in [-0.05, 0) is 85.8 Å². The molecule has 0 bridgehead atoms. The van der Waals surface area contributed by atoms with Crippen LogP contribution in [-0.4, -0.2) is 57.3 Å². The normalized spacial score (nSPS) is 11.5. The Morgan fingerprint density at radius 2 is 1.31 bits per heavy atom. The largest absolute Gasteiger partial charge is 0.397 e. The van der Waals surface area contributed by atoms with E-state index in [2.05, 4.69) is 40.4 Å². The fourth-order valence-corrected chi connectivity index (χ4v) is 5.97. The Kier molecular flexibility index (Phi) is 11.8. The highest BCUT2D eigenvalue weighted by molar-refractivity contribution is 7.86. The van der Waals surface area contributed by atoms with Crippen LogP contribution in [0.4, 0.5) is 62.0 Å². The average Bonchev–Trinajstić information content (AvgIpc) is 3.07. The fourth-order valence-electron chi connectivity index (χ4n) is 5.01. The first-order valence-corrected chi connectivity index (χ1v) is 18.5. The van der Waals surface area contributed by atoms with Crippen molar-refractivity contribution in [3.05, 3.63) is 116 Å². The average molecular weight is 800 g/mol. The Morgan fingerprint density at radius 1 is 0.709 bits per heavy atom. The number of nitro groups is 2. The van der Waals surface area contributed by atoms with E-state index in [-0.39, 0.29) is 42.2 Å². The molecule has 1 aromatic heterocycles. The molecule has 0 aliphatic carbocycles. The number of aryl methyl sites for hydroxylation is 3. The molecule has 23 heteroatoms. The number of hydrogen-bond donors (Lipinski definition) is 6. The topological polar surface area (TPSA) is 291 Å². The second kappa shape index (κ2) is 16.3. The second-order valence-corrected chi connectivity index (χ2v) is 14.2. The number of rotatable bonds is 16. The number of nitrogens with zero attached hydrogens (tertiary/aromatic N) is 5. The van der Waals surface area contributed by atoms with Crippen molar-refractivity contribution in [1.29, 1.82) is 0 Å². The van der Waals surface area contributed by atoms with Gasteiger partial charge in [-0.1, -0.05) is 18.2 Å². The van der Waals surface area contributed by atoms with Crippen LogP contribution in [0, 0.1) is 39.9 Å². The molecule has 0 aliphatic heterocycles. The molecular weight excluding hydrogens is 770 g/mol. The zero-order valence-corrected chi connectivity index (χ0v) is 30.2. The molecule has 0 amide bonds. The highest BCUT2D eigenvalue weighted by Gasteiger charge is 2.26. The molecule has 0 radical (unpaired) electrons. The molecule has 20 nitrogen and oxygen atoms in total. The predicted octanol–water partition coefficient (Wildman–Crippen LogP) is 6.42. The maximum atomic E-state index is 14.5. The number of aromatic nitrogens is 3. The first-order valence-electron chi connectivity index (χ1n) is 15.7. The van der Waals surface area contributed by atoms with Gasteiger partial charge in [0, 0.05) is 23.1 Å². The molecule has 0 unspecified atom stereocenters. The van der Waals surface area contributed by atoms with Crippen molar-refractivity contribution < 1.29 is 44.4 Å². The van der Waals surface area contributed by atoms with Gasteiger partial charge in [0.15, 0.2) is 0 Å². The molecule has 0 saturated heterocycles. The third kappa shape index (κ3) is 10.8. The van der Waals surface area contributed by atoms with E-state index < -0.39 is 58.1 Å². The number of benzene rings is 4. The first-order chi connectivity index (χ1) is 25.8. The van der Waals surface area contributed by atoms with Gasteiger partial charge in [0.2, 0.25) is 23.7 Å². The van der Waals surface area contributed by atoms with Gasteiger partial charge >= 0.3 is 16.1 Å². The lowest BCUT2D eigenvalue weighted by Gasteiger charge is -2.15. The van der Waals surface area contributed by atoms with E-state index >= 15 is 0 Å². The van der Waals surface area contributed by atoms with Crippen molar-refractivity contribution in [3.63, 3.8) is 0 Å². The Balaban J connectivity index is 1.51. The summed E-state index contributed by atoms with van der Waals surface area (Å²) in [5.41, 5.74) is 0.861. The molecule has 0 atom stereocenters. The van der Waals surface area contributed by atoms with Gasteiger partial charge in [-0.15, -0.1) is 0 Å². The van der Waals surface area contributed by atoms with Gasteiger partial charge in [-0.25, -0.2) is 4.18 Å². The summed E-state index contributed by atoms with van der Waals surface area (Å²) in [5.74, 6) is -1.73. The van der Waals surface area contributed by atoms with Crippen molar-refractivity contribution >= 4 is 78.2 Å². The molecule has 0 fully saturated rings. The van der Waals surface area contributed by atoms with E-state index in [1.807, 2.05) is 26.0 Å². The Labute approximate surface area is 311 Å². The van der Waals surface area contributed by atoms with E-state index in [1.54, 1.807) is 30.3 Å². The van der Waals surface area contributed by atoms with Crippen molar-refractivity contribution in [2.75, 3.05) is 27.9 Å². The van der Waals surface area contributed by atoms with E-state index in [9.17, 15) is 46.0 Å². The van der Waals surface area contributed by atoms with Gasteiger partial charge in [0.1, 0.15) is 10.6 Å². The molecule has 0 spiro atoms. The minimum Gasteiger partial charge on any atom is -0.350 e. The zero-order chi connectivity index (χ0) is 40.1. The van der Waals surface area contributed by atoms with Crippen LogP contribution in [0.3, 0.4) is 0 Å². The van der Waals surface area contributed by atoms with Crippen LogP contribution in [0.1, 0.15) is 23.1 Å². The highest BCUT2D eigenvalue weighted by Crippen LogP contribution is 2.36. The lowest BCUT2D eigenvalue weighted by Crippen LogP contribution is -2.10. The summed E-state index contributed by atoms with van der Waals surface area (Å²) in [5, 5.41) is 34.2. The van der Waals surface area contributed by atoms with Crippen molar-refractivity contribution in [2.24, 2.45) is 0 Å². The van der Waals surface area contributed by atoms with Crippen LogP contribution in [-0.2, 0) is 31.1 Å². The van der Waals surface area contributed by atoms with Crippen LogP contribution in [0.2, 0.25) is 0 Å². The number of nitro benzene ring substituents is 2. The van der Waals surface area contributed by atoms with Gasteiger partial charge in [-0.2, -0.15) is 36.2 Å². The second-order valence-electron chi connectivity index (χ2n) is 11.7. The monoisotopic (exact) mass is 799 g/mol. The minimum absolute atomic E-state index is 0.0264. The zero-order valence-electron chi connectivity index (χ0n) is 28.5. The molecule has 288 valence electrons. The third-order valence-electron chi connectivity index (χ3n) is 7.67. The minimum atomic E-state index is -4.93. The van der Waals surface area contributed by atoms with Crippen molar-refractivity contribution in [1.82, 2.24) is 15.0 Å². The first kappa shape index (κ1) is 39.8. The summed E-state index contributed by atoms with van der Waals surface area (Å²) in [6.07, 6.45) is 0.622. The van der Waals surface area contributed by atoms with E-state index in [0.29, 0.717) is 29.9 Å². The van der Waals surface area contributed by atoms with Gasteiger partial charge in [0.05, 0.1) is 28.2 Å². The van der Waals surface area contributed by atoms with Crippen LogP contribution in [0.25, 0.3) is 0 Å². The molecule has 0 saturated carbocycles. The van der Waals surface area contributed by atoms with Crippen molar-refractivity contribution in [3.8, 4) is 0 Å². The van der Waals surface area contributed by atoms with E-state index in [1.165, 1.54) is 0 Å². The Hall–Kier alpha value is -6.40. The number of halogens is 1. The van der Waals surface area contributed by atoms with Gasteiger partial charge < -0.3 is 21.3 Å². The third-order valence-corrected chi connectivity index (χ3v) is 9.04. The summed E-state index contributed by atoms with van der Waals surface area (Å²) in [4.78, 5) is 33.2. The van der Waals surface area contributed by atoms with Crippen LogP contribution >= 0.6 is 0 Å². The summed E-state index contributed by atoms with van der Waals surface area (Å²) in [6.45, 7) is 3.57. The molecule has 5 aromatic rings. The molecule has 6 N–H and O–H groups in total. The highest BCUT2D eigenvalue weighted by atomic mass is 32.3. The van der Waals surface area contributed by atoms with Crippen LogP contribution in [0.15, 0.2) is 77.7 Å². The fraction of sp³-hybridized carbons (Fsp3) is 0.156. The standard InChI is InChI=1S/C32H30FN9O11S2/c1-18-8-9-22(13-19(18)2)36-31-38-30(35-21-7-3-5-20(14-21)6-4-12-53-55(50,51)52)39-32(40-31)37-26-15-23(10-11-29(26)54(47,48)49)34-25-16-24(33)27(41(43)44)17-28(25)42(45)46/h3,5,7-11,13-17,34H,4,6,12H2,1-2H3,(H,47,48,49)(H,50,51,52)(H3,35,36,37,38,39,40). The lowest BCUT2D eigenvalue weighted by atomic mass is 10.1. The van der Waals surface area contributed by atoms with Crippen LogP contribution in [0.5, 0.6) is 0 Å². The number of nitrogens with one attached hydrogen (secondary N) is 4. The van der Waals surface area contributed by atoms with Gasteiger partial charge in [0.25, 0.3) is 15.8 Å². The Morgan fingerprint density at radius 3 is 1.91 bits per heavy atom. The smallest absolute Gasteiger partial charge is 0.350 e.